The van der Waals surface area contributed by atoms with Crippen LogP contribution < -0.4 is 0 Å². The number of aryl methyl sites for hydroxylation is 2. The van der Waals surface area contributed by atoms with Crippen LogP contribution in [0, 0.1) is 19.8 Å². The van der Waals surface area contributed by atoms with E-state index in [1.54, 1.807) is 4.68 Å². The molecule has 0 radical (unpaired) electrons. The third-order valence-corrected chi connectivity index (χ3v) is 4.10. The first-order chi connectivity index (χ1) is 11.5. The number of nitrogens with zero attached hydrogens (tertiary/aromatic N) is 2. The van der Waals surface area contributed by atoms with Crippen molar-refractivity contribution in [2.75, 3.05) is 0 Å². The Labute approximate surface area is 143 Å². The molecule has 3 heteroatoms. The van der Waals surface area contributed by atoms with Gasteiger partial charge in [-0.2, -0.15) is 5.10 Å². The Morgan fingerprint density at radius 3 is 2.29 bits per heavy atom. The maximum absolute atomic E-state index is 10.8. The van der Waals surface area contributed by atoms with E-state index in [9.17, 15) is 5.11 Å². The first kappa shape index (κ1) is 16.3. The van der Waals surface area contributed by atoms with E-state index >= 15 is 0 Å². The molecule has 3 aromatic rings. The number of hydrogen-bond donors (Lipinski definition) is 1. The first-order valence-electron chi connectivity index (χ1n) is 8.39. The van der Waals surface area contributed by atoms with Crippen molar-refractivity contribution in [3.05, 3.63) is 59.7 Å². The van der Waals surface area contributed by atoms with E-state index in [1.807, 2.05) is 24.3 Å². The monoisotopic (exact) mass is 320 g/mol. The van der Waals surface area contributed by atoms with Gasteiger partial charge in [0, 0.05) is 12.1 Å². The lowest BCUT2D eigenvalue weighted by Crippen LogP contribution is -2.05. The van der Waals surface area contributed by atoms with Crippen molar-refractivity contribution < 1.29 is 5.11 Å². The van der Waals surface area contributed by atoms with E-state index in [4.69, 9.17) is 5.10 Å². The number of aromatic hydroxyl groups is 1. The van der Waals surface area contributed by atoms with Gasteiger partial charge in [0.05, 0.1) is 5.56 Å². The lowest BCUT2D eigenvalue weighted by Gasteiger charge is -2.06. The normalized spacial score (nSPS) is 11.2. The van der Waals surface area contributed by atoms with E-state index in [-0.39, 0.29) is 5.88 Å². The van der Waals surface area contributed by atoms with Gasteiger partial charge in [-0.15, -0.1) is 0 Å². The number of rotatable bonds is 4. The summed E-state index contributed by atoms with van der Waals surface area (Å²) < 4.78 is 1.72. The van der Waals surface area contributed by atoms with Crippen LogP contribution in [0.2, 0.25) is 0 Å². The van der Waals surface area contributed by atoms with Gasteiger partial charge in [-0.05, 0) is 31.4 Å². The Balaban J connectivity index is 2.21. The van der Waals surface area contributed by atoms with Crippen molar-refractivity contribution in [3.8, 4) is 28.3 Å². The Kier molecular flexibility index (Phi) is 4.43. The molecule has 24 heavy (non-hydrogen) atoms. The second kappa shape index (κ2) is 6.52. The molecule has 0 aliphatic heterocycles. The highest BCUT2D eigenvalue weighted by atomic mass is 16.3. The zero-order valence-corrected chi connectivity index (χ0v) is 14.7. The standard InChI is InChI=1S/C21H24N2O/c1-14(2)13-23-21(24)19(17-10-8-15(3)9-11-17)20(22-23)18-7-5-6-16(4)12-18/h5-12,14,24H,13H2,1-4H3. The average Bonchev–Trinajstić information content (AvgIpc) is 2.85. The van der Waals surface area contributed by atoms with Gasteiger partial charge in [0.25, 0.3) is 0 Å². The molecule has 0 saturated carbocycles. The molecule has 0 amide bonds. The van der Waals surface area contributed by atoms with E-state index in [0.717, 1.165) is 22.4 Å². The van der Waals surface area contributed by atoms with Crippen LogP contribution in [0.5, 0.6) is 5.88 Å². The fourth-order valence-electron chi connectivity index (χ4n) is 2.91. The van der Waals surface area contributed by atoms with Crippen LogP contribution in [-0.4, -0.2) is 14.9 Å². The van der Waals surface area contributed by atoms with Gasteiger partial charge in [0.15, 0.2) is 0 Å². The highest BCUT2D eigenvalue weighted by molar-refractivity contribution is 5.84. The predicted molar refractivity (Wildman–Crippen MR) is 99.1 cm³/mol. The van der Waals surface area contributed by atoms with E-state index in [0.29, 0.717) is 12.5 Å². The minimum Gasteiger partial charge on any atom is -0.493 e. The summed E-state index contributed by atoms with van der Waals surface area (Å²) in [7, 11) is 0. The maximum atomic E-state index is 10.8. The first-order valence-corrected chi connectivity index (χ1v) is 8.39. The minimum absolute atomic E-state index is 0.240. The summed E-state index contributed by atoms with van der Waals surface area (Å²) in [5.74, 6) is 0.649. The zero-order valence-electron chi connectivity index (χ0n) is 14.7. The topological polar surface area (TPSA) is 38.0 Å². The lowest BCUT2D eigenvalue weighted by molar-refractivity contribution is 0.373. The number of hydrogen-bond acceptors (Lipinski definition) is 2. The molecule has 0 aliphatic carbocycles. The summed E-state index contributed by atoms with van der Waals surface area (Å²) in [6, 6.07) is 16.5. The smallest absolute Gasteiger partial charge is 0.218 e. The molecular weight excluding hydrogens is 296 g/mol. The average molecular weight is 320 g/mol. The van der Waals surface area contributed by atoms with E-state index in [1.165, 1.54) is 11.1 Å². The molecule has 0 fully saturated rings. The van der Waals surface area contributed by atoms with Gasteiger partial charge < -0.3 is 5.11 Å². The quantitative estimate of drug-likeness (QED) is 0.718. The zero-order chi connectivity index (χ0) is 17.3. The second-order valence-corrected chi connectivity index (χ2v) is 6.86. The largest absolute Gasteiger partial charge is 0.493 e. The molecule has 0 unspecified atom stereocenters. The number of aromatic nitrogens is 2. The maximum Gasteiger partial charge on any atom is 0.218 e. The highest BCUT2D eigenvalue weighted by Crippen LogP contribution is 2.39. The molecule has 0 bridgehead atoms. The third-order valence-electron chi connectivity index (χ3n) is 4.10. The van der Waals surface area contributed by atoms with Crippen LogP contribution in [0.1, 0.15) is 25.0 Å². The van der Waals surface area contributed by atoms with Gasteiger partial charge in [0.1, 0.15) is 5.69 Å². The van der Waals surface area contributed by atoms with Gasteiger partial charge >= 0.3 is 0 Å². The Morgan fingerprint density at radius 2 is 1.67 bits per heavy atom. The van der Waals surface area contributed by atoms with Crippen LogP contribution in [-0.2, 0) is 6.54 Å². The van der Waals surface area contributed by atoms with Gasteiger partial charge in [-0.1, -0.05) is 67.4 Å². The Hall–Kier alpha value is -2.55. The predicted octanol–water partition coefficient (Wildman–Crippen LogP) is 5.20. The summed E-state index contributed by atoms with van der Waals surface area (Å²) in [6.45, 7) is 9.07. The molecule has 1 N–H and O–H groups in total. The lowest BCUT2D eigenvalue weighted by atomic mass is 9.99. The minimum atomic E-state index is 0.240. The Bertz CT molecular complexity index is 845. The van der Waals surface area contributed by atoms with Crippen LogP contribution >= 0.6 is 0 Å². The van der Waals surface area contributed by atoms with Crippen LogP contribution in [0.3, 0.4) is 0 Å². The summed E-state index contributed by atoms with van der Waals surface area (Å²) in [6.07, 6.45) is 0. The van der Waals surface area contributed by atoms with Crippen LogP contribution in [0.4, 0.5) is 0 Å². The van der Waals surface area contributed by atoms with Gasteiger partial charge in [0.2, 0.25) is 5.88 Å². The van der Waals surface area contributed by atoms with Crippen molar-refractivity contribution in [2.45, 2.75) is 34.2 Å². The molecule has 0 aliphatic rings. The molecule has 3 rings (SSSR count). The highest BCUT2D eigenvalue weighted by Gasteiger charge is 2.20. The molecule has 3 nitrogen and oxygen atoms in total. The van der Waals surface area contributed by atoms with E-state index < -0.39 is 0 Å². The van der Waals surface area contributed by atoms with Crippen molar-refractivity contribution in [1.82, 2.24) is 9.78 Å². The molecule has 1 aromatic heterocycles. The Morgan fingerprint density at radius 1 is 0.958 bits per heavy atom. The molecule has 0 atom stereocenters. The molecule has 0 saturated heterocycles. The van der Waals surface area contributed by atoms with E-state index in [2.05, 4.69) is 52.0 Å². The molecule has 0 spiro atoms. The summed E-state index contributed by atoms with van der Waals surface area (Å²) >= 11 is 0. The number of benzene rings is 2. The fraction of sp³-hybridized carbons (Fsp3) is 0.286. The molecular formula is C21H24N2O. The van der Waals surface area contributed by atoms with Crippen LogP contribution in [0.25, 0.3) is 22.4 Å². The molecule has 124 valence electrons. The molecule has 1 heterocycles. The summed E-state index contributed by atoms with van der Waals surface area (Å²) in [5, 5.41) is 15.5. The van der Waals surface area contributed by atoms with Crippen molar-refractivity contribution in [3.63, 3.8) is 0 Å². The third kappa shape index (κ3) is 3.21. The van der Waals surface area contributed by atoms with Crippen LogP contribution in [0.15, 0.2) is 48.5 Å². The van der Waals surface area contributed by atoms with Crippen molar-refractivity contribution in [1.29, 1.82) is 0 Å². The second-order valence-electron chi connectivity index (χ2n) is 6.86. The fourth-order valence-corrected chi connectivity index (χ4v) is 2.91. The summed E-state index contributed by atoms with van der Waals surface area (Å²) in [5.41, 5.74) is 6.04. The molecule has 2 aromatic carbocycles. The van der Waals surface area contributed by atoms with Gasteiger partial charge in [-0.3, -0.25) is 0 Å². The SMILES string of the molecule is Cc1ccc(-c2c(-c3cccc(C)c3)nn(CC(C)C)c2O)cc1. The summed E-state index contributed by atoms with van der Waals surface area (Å²) in [4.78, 5) is 0. The van der Waals surface area contributed by atoms with Crippen molar-refractivity contribution >= 4 is 0 Å². The van der Waals surface area contributed by atoms with Crippen molar-refractivity contribution in [2.24, 2.45) is 5.92 Å². The van der Waals surface area contributed by atoms with Gasteiger partial charge in [-0.25, -0.2) is 4.68 Å².